The van der Waals surface area contributed by atoms with Crippen molar-refractivity contribution in [1.29, 1.82) is 0 Å². The molecule has 19 heteroatoms. The summed E-state index contributed by atoms with van der Waals surface area (Å²) >= 11 is 0. The van der Waals surface area contributed by atoms with Gasteiger partial charge < -0.3 is 88.6 Å². The van der Waals surface area contributed by atoms with Crippen LogP contribution in [-0.4, -0.2) is 189 Å². The van der Waals surface area contributed by atoms with Crippen LogP contribution in [0, 0.1) is 34.5 Å². The summed E-state index contributed by atoms with van der Waals surface area (Å²) in [5, 5.41) is 96.6. The number of hydrogen-bond donors (Lipinski definition) is 9. The standard InChI is InChI=1S/C42H64O19/c1-18-35(61-38-33(51)31(49)29(47)26(60-38)16-56-37-32(50)30(48)28(46)25(14-43)59-37)36(54-3)34(52)39(57-18)58-21-6-10-41(17-44)20(13-21)4-5-24-23(41)7-9-40(2)22(8-11-42(24,40)53)19-12-27(45)55-15-19/h12,17-18,20-26,28-39,43,46-53H,4-11,13-16H2,1-3H3/t18-,20+,21-,22+,23-,24+,25+,26+,28+,29+,30-,31-,32+,33+,34-,35-,36-,37+,38?,39-,40+,41+,42-/m0/s1. The summed E-state index contributed by atoms with van der Waals surface area (Å²) in [6.45, 7) is 2.83. The third-order valence-corrected chi connectivity index (χ3v) is 16.3. The van der Waals surface area contributed by atoms with Crippen molar-refractivity contribution in [3.8, 4) is 0 Å². The molecule has 0 aromatic carbocycles. The molecule has 346 valence electrons. The van der Waals surface area contributed by atoms with Crippen molar-refractivity contribution in [2.75, 3.05) is 26.9 Å². The van der Waals surface area contributed by atoms with Gasteiger partial charge in [0.05, 0.1) is 31.0 Å². The van der Waals surface area contributed by atoms with E-state index in [4.69, 9.17) is 37.9 Å². The molecule has 3 saturated heterocycles. The first kappa shape index (κ1) is 45.8. The Morgan fingerprint density at radius 2 is 1.46 bits per heavy atom. The second kappa shape index (κ2) is 17.6. The zero-order chi connectivity index (χ0) is 43.8. The number of methoxy groups -OCH3 is 1. The number of aldehydes is 1. The van der Waals surface area contributed by atoms with Gasteiger partial charge in [-0.25, -0.2) is 4.79 Å². The zero-order valence-corrected chi connectivity index (χ0v) is 34.8. The molecule has 1 unspecified atom stereocenters. The predicted octanol–water partition coefficient (Wildman–Crippen LogP) is -2.06. The van der Waals surface area contributed by atoms with Crippen LogP contribution in [0.4, 0.5) is 0 Å². The van der Waals surface area contributed by atoms with E-state index in [9.17, 15) is 55.5 Å². The fraction of sp³-hybridized carbons (Fsp3) is 0.905. The van der Waals surface area contributed by atoms with E-state index in [1.54, 1.807) is 13.0 Å². The van der Waals surface area contributed by atoms with E-state index >= 15 is 0 Å². The first-order valence-electron chi connectivity index (χ1n) is 21.9. The van der Waals surface area contributed by atoms with Gasteiger partial charge in [0.15, 0.2) is 18.9 Å². The van der Waals surface area contributed by atoms with Gasteiger partial charge in [0.2, 0.25) is 0 Å². The molecule has 8 rings (SSSR count). The molecule has 0 radical (unpaired) electrons. The molecule has 8 aliphatic rings. The number of ether oxygens (including phenoxy) is 8. The van der Waals surface area contributed by atoms with Crippen molar-refractivity contribution in [3.63, 3.8) is 0 Å². The Bertz CT molecular complexity index is 1620. The maximum absolute atomic E-state index is 13.3. The van der Waals surface area contributed by atoms with Gasteiger partial charge in [0.1, 0.15) is 80.0 Å². The molecule has 4 aliphatic carbocycles. The molecule has 61 heavy (non-hydrogen) atoms. The molecule has 7 fully saturated rings. The lowest BCUT2D eigenvalue weighted by Crippen LogP contribution is -2.65. The van der Waals surface area contributed by atoms with E-state index in [1.807, 2.05) is 0 Å². The summed E-state index contributed by atoms with van der Waals surface area (Å²) in [4.78, 5) is 25.3. The molecule has 4 saturated carbocycles. The minimum absolute atomic E-state index is 0.000150. The molecule has 23 atom stereocenters. The summed E-state index contributed by atoms with van der Waals surface area (Å²) in [6, 6.07) is 0. The Kier molecular flexibility index (Phi) is 13.2. The first-order valence-corrected chi connectivity index (χ1v) is 21.9. The highest BCUT2D eigenvalue weighted by Gasteiger charge is 2.69. The van der Waals surface area contributed by atoms with Gasteiger partial charge in [0.25, 0.3) is 0 Å². The van der Waals surface area contributed by atoms with Gasteiger partial charge in [-0.05, 0) is 94.0 Å². The van der Waals surface area contributed by atoms with Crippen LogP contribution in [0.3, 0.4) is 0 Å². The Labute approximate surface area is 353 Å². The number of aliphatic hydroxyl groups is 9. The van der Waals surface area contributed by atoms with Crippen LogP contribution < -0.4 is 0 Å². The molecule has 4 heterocycles. The van der Waals surface area contributed by atoms with Gasteiger partial charge in [-0.1, -0.05) is 6.92 Å². The van der Waals surface area contributed by atoms with E-state index in [2.05, 4.69) is 6.92 Å². The van der Waals surface area contributed by atoms with Crippen molar-refractivity contribution >= 4 is 12.3 Å². The van der Waals surface area contributed by atoms with Gasteiger partial charge in [0, 0.05) is 24.0 Å². The van der Waals surface area contributed by atoms with Crippen molar-refractivity contribution in [2.24, 2.45) is 34.5 Å². The molecule has 9 N–H and O–H groups in total. The summed E-state index contributed by atoms with van der Waals surface area (Å²) in [6.07, 6.45) is -13.2. The molecule has 0 aromatic heterocycles. The predicted molar refractivity (Wildman–Crippen MR) is 203 cm³/mol. The largest absolute Gasteiger partial charge is 0.458 e. The third-order valence-electron chi connectivity index (χ3n) is 16.3. The van der Waals surface area contributed by atoms with Crippen molar-refractivity contribution < 1.29 is 93.4 Å². The average molecular weight is 873 g/mol. The van der Waals surface area contributed by atoms with E-state index in [0.29, 0.717) is 25.7 Å². The lowest BCUT2D eigenvalue weighted by Gasteiger charge is -2.63. The highest BCUT2D eigenvalue weighted by molar-refractivity contribution is 5.85. The van der Waals surface area contributed by atoms with Crippen molar-refractivity contribution in [3.05, 3.63) is 11.6 Å². The second-order valence-corrected chi connectivity index (χ2v) is 19.1. The Morgan fingerprint density at radius 3 is 2.13 bits per heavy atom. The molecule has 0 bridgehead atoms. The zero-order valence-electron chi connectivity index (χ0n) is 34.8. The SMILES string of the molecule is CO[C@H]1[C@H](O)[C@H](O[C@H]2CC[C@@]3(C=O)[C@H](CC[C@@H]4[C@@H]3CC[C@]3(C)[C@@H](C5=CC(=O)OC5)CC[C@]43O)C2)O[C@@H](C)[C@@H]1OC1O[C@H](CO[C@@H]2O[C@H](CO)[C@@H](O)[C@H](O)[C@H]2O)[C@@H](O)[C@H](O)[C@H]1O. The van der Waals surface area contributed by atoms with Crippen LogP contribution in [0.15, 0.2) is 11.6 Å². The monoisotopic (exact) mass is 872 g/mol. The number of hydrogen-bond acceptors (Lipinski definition) is 19. The van der Waals surface area contributed by atoms with E-state index < -0.39 is 122 Å². The van der Waals surface area contributed by atoms with Gasteiger partial charge in [-0.15, -0.1) is 0 Å². The molecular weight excluding hydrogens is 808 g/mol. The minimum Gasteiger partial charge on any atom is -0.458 e. The van der Waals surface area contributed by atoms with Crippen LogP contribution in [0.5, 0.6) is 0 Å². The van der Waals surface area contributed by atoms with Crippen LogP contribution in [0.2, 0.25) is 0 Å². The summed E-state index contributed by atoms with van der Waals surface area (Å²) in [5.41, 5.74) is -1.07. The third kappa shape index (κ3) is 7.64. The first-order chi connectivity index (χ1) is 29.0. The normalized spacial score (nSPS) is 53.6. The molecule has 0 spiro atoms. The summed E-state index contributed by atoms with van der Waals surface area (Å²) in [7, 11) is 1.36. The number of esters is 1. The highest BCUT2D eigenvalue weighted by atomic mass is 16.8. The van der Waals surface area contributed by atoms with Crippen LogP contribution in [0.25, 0.3) is 0 Å². The minimum atomic E-state index is -1.79. The smallest absolute Gasteiger partial charge is 0.331 e. The quantitative estimate of drug-likeness (QED) is 0.0613. The molecule has 19 nitrogen and oxygen atoms in total. The summed E-state index contributed by atoms with van der Waals surface area (Å²) in [5.74, 6) is -0.343. The molecule has 4 aliphatic heterocycles. The maximum atomic E-state index is 13.3. The van der Waals surface area contributed by atoms with Gasteiger partial charge in [-0.3, -0.25) is 0 Å². The van der Waals surface area contributed by atoms with Gasteiger partial charge in [-0.2, -0.15) is 0 Å². The van der Waals surface area contributed by atoms with E-state index in [1.165, 1.54) is 7.11 Å². The lowest BCUT2D eigenvalue weighted by atomic mass is 9.43. The fourth-order valence-corrected chi connectivity index (χ4v) is 12.9. The lowest BCUT2D eigenvalue weighted by molar-refractivity contribution is -0.367. The Hall–Kier alpha value is -1.76. The number of cyclic esters (lactones) is 1. The maximum Gasteiger partial charge on any atom is 0.331 e. The van der Waals surface area contributed by atoms with Gasteiger partial charge >= 0.3 is 5.97 Å². The van der Waals surface area contributed by atoms with Crippen molar-refractivity contribution in [1.82, 2.24) is 0 Å². The van der Waals surface area contributed by atoms with Crippen LogP contribution in [-0.2, 0) is 47.5 Å². The van der Waals surface area contributed by atoms with Crippen LogP contribution >= 0.6 is 0 Å². The topological polar surface area (TPSA) is 290 Å². The van der Waals surface area contributed by atoms with E-state index in [0.717, 1.165) is 44.0 Å². The summed E-state index contributed by atoms with van der Waals surface area (Å²) < 4.78 is 46.4. The molecule has 0 aromatic rings. The highest BCUT2D eigenvalue weighted by Crippen LogP contribution is 2.69. The fourth-order valence-electron chi connectivity index (χ4n) is 12.9. The van der Waals surface area contributed by atoms with E-state index in [-0.39, 0.29) is 42.4 Å². The second-order valence-electron chi connectivity index (χ2n) is 19.1. The number of carbonyl (C=O) groups is 2. The number of fused-ring (bicyclic) bond motifs is 5. The number of aliphatic hydroxyl groups excluding tert-OH is 8. The molecular formula is C42H64O19. The van der Waals surface area contributed by atoms with Crippen molar-refractivity contribution in [2.45, 2.75) is 175 Å². The number of rotatable bonds is 11. The molecule has 0 amide bonds. The average Bonchev–Trinajstić information content (AvgIpc) is 3.80. The Balaban J connectivity index is 0.887. The van der Waals surface area contributed by atoms with Crippen LogP contribution in [0.1, 0.15) is 71.6 Å². The Morgan fingerprint density at radius 1 is 0.770 bits per heavy atom. The number of carbonyl (C=O) groups excluding carboxylic acids is 2.